The molecule has 1 aromatic carbocycles. The molecule has 41 heavy (non-hydrogen) atoms. The number of rotatable bonds is 13. The van der Waals surface area contributed by atoms with E-state index in [1.807, 2.05) is 30.3 Å². The minimum atomic E-state index is -3.80. The molecule has 13 heteroatoms. The van der Waals surface area contributed by atoms with Gasteiger partial charge in [-0.2, -0.15) is 0 Å². The number of sulfone groups is 1. The molecule has 0 saturated carbocycles. The number of nitrogens with one attached hydrogen (secondary N) is 2. The van der Waals surface area contributed by atoms with E-state index in [9.17, 15) is 27.6 Å². The summed E-state index contributed by atoms with van der Waals surface area (Å²) in [5.41, 5.74) is -0.0119. The Bertz CT molecular complexity index is 1110. The van der Waals surface area contributed by atoms with E-state index in [2.05, 4.69) is 10.6 Å². The van der Waals surface area contributed by atoms with Gasteiger partial charge in [-0.05, 0) is 57.9 Å². The van der Waals surface area contributed by atoms with Gasteiger partial charge in [-0.15, -0.1) is 0 Å². The molecule has 1 heterocycles. The van der Waals surface area contributed by atoms with Gasteiger partial charge >= 0.3 is 18.2 Å². The Labute approximate surface area is 242 Å². The Morgan fingerprint density at radius 2 is 1.68 bits per heavy atom. The number of carbonyl (C=O) groups is 4. The number of esters is 1. The van der Waals surface area contributed by atoms with Gasteiger partial charge in [-0.25, -0.2) is 18.0 Å². The first kappa shape index (κ1) is 33.9. The van der Waals surface area contributed by atoms with Crippen molar-refractivity contribution in [3.8, 4) is 0 Å². The summed E-state index contributed by atoms with van der Waals surface area (Å²) < 4.78 is 41.2. The molecule has 0 aliphatic carbocycles. The van der Waals surface area contributed by atoms with Crippen LogP contribution in [-0.4, -0.2) is 86.8 Å². The van der Waals surface area contributed by atoms with E-state index in [0.717, 1.165) is 5.56 Å². The summed E-state index contributed by atoms with van der Waals surface area (Å²) in [4.78, 5) is 50.3. The summed E-state index contributed by atoms with van der Waals surface area (Å²) in [6.45, 7) is 7.60. The maximum absolute atomic E-state index is 13.3. The zero-order valence-electron chi connectivity index (χ0n) is 24.3. The van der Waals surface area contributed by atoms with Gasteiger partial charge in [0, 0.05) is 26.6 Å². The fourth-order valence-electron chi connectivity index (χ4n) is 4.25. The summed E-state index contributed by atoms with van der Waals surface area (Å²) in [6.07, 6.45) is 0.579. The number of benzene rings is 1. The zero-order chi connectivity index (χ0) is 30.5. The van der Waals surface area contributed by atoms with Gasteiger partial charge in [0.15, 0.2) is 9.84 Å². The lowest BCUT2D eigenvalue weighted by molar-refractivity contribution is -0.141. The van der Waals surface area contributed by atoms with E-state index in [0.29, 0.717) is 39.0 Å². The second-order valence-corrected chi connectivity index (χ2v) is 13.3. The maximum atomic E-state index is 13.3. The first-order valence-electron chi connectivity index (χ1n) is 13.8. The summed E-state index contributed by atoms with van der Waals surface area (Å²) >= 11 is 0. The van der Waals surface area contributed by atoms with Gasteiger partial charge < -0.3 is 29.7 Å². The van der Waals surface area contributed by atoms with E-state index >= 15 is 0 Å². The quantitative estimate of drug-likeness (QED) is 0.198. The SMILES string of the molecule is CC(=O)OCCC1CCN(C(=O)[C@H](CS(=O)(=O)CCCNC(=O)OCc2ccccc2)NC(=O)OC(C)(C)C)CC1. The van der Waals surface area contributed by atoms with Crippen LogP contribution in [0.3, 0.4) is 0 Å². The summed E-state index contributed by atoms with van der Waals surface area (Å²) in [7, 11) is -3.80. The van der Waals surface area contributed by atoms with Crippen LogP contribution in [0, 0.1) is 5.92 Å². The molecule has 0 radical (unpaired) electrons. The standard InChI is InChI=1S/C28H43N3O9S/c1-21(32)38-17-13-22-11-15-31(16-12-22)25(33)24(30-27(35)40-28(2,3)4)20-41(36,37)18-8-14-29-26(34)39-19-23-9-6-5-7-10-23/h5-7,9-10,22,24H,8,11-20H2,1-4H3,(H,29,34)(H,30,35)/t24-/m0/s1. The molecule has 12 nitrogen and oxygen atoms in total. The highest BCUT2D eigenvalue weighted by Gasteiger charge is 2.33. The van der Waals surface area contributed by atoms with E-state index in [1.54, 1.807) is 25.7 Å². The van der Waals surface area contributed by atoms with Crippen LogP contribution < -0.4 is 10.6 Å². The van der Waals surface area contributed by atoms with Crippen LogP contribution in [0.5, 0.6) is 0 Å². The lowest BCUT2D eigenvalue weighted by Crippen LogP contribution is -2.54. The van der Waals surface area contributed by atoms with Crippen molar-refractivity contribution in [1.29, 1.82) is 0 Å². The Balaban J connectivity index is 1.89. The molecule has 1 saturated heterocycles. The fraction of sp³-hybridized carbons (Fsp3) is 0.643. The predicted octanol–water partition coefficient (Wildman–Crippen LogP) is 2.80. The highest BCUT2D eigenvalue weighted by molar-refractivity contribution is 7.91. The summed E-state index contributed by atoms with van der Waals surface area (Å²) in [5, 5.41) is 4.96. The third-order valence-corrected chi connectivity index (χ3v) is 8.03. The van der Waals surface area contributed by atoms with Gasteiger partial charge in [-0.3, -0.25) is 9.59 Å². The Morgan fingerprint density at radius 1 is 1.02 bits per heavy atom. The molecule has 0 unspecified atom stereocenters. The molecule has 1 aliphatic rings. The van der Waals surface area contributed by atoms with Crippen LogP contribution in [0.15, 0.2) is 30.3 Å². The second kappa shape index (κ2) is 16.2. The molecule has 2 rings (SSSR count). The van der Waals surface area contributed by atoms with Crippen LogP contribution in [-0.2, 0) is 40.2 Å². The van der Waals surface area contributed by atoms with Gasteiger partial charge in [0.2, 0.25) is 5.91 Å². The Kier molecular flexibility index (Phi) is 13.4. The van der Waals surface area contributed by atoms with E-state index < -0.39 is 45.3 Å². The number of amides is 3. The molecular formula is C28H43N3O9S. The molecule has 1 fully saturated rings. The molecule has 0 bridgehead atoms. The topological polar surface area (TPSA) is 157 Å². The smallest absolute Gasteiger partial charge is 0.408 e. The normalized spacial score (nSPS) is 15.0. The number of hydrogen-bond donors (Lipinski definition) is 2. The van der Waals surface area contributed by atoms with E-state index in [1.165, 1.54) is 6.92 Å². The molecule has 0 aromatic heterocycles. The van der Waals surface area contributed by atoms with Crippen LogP contribution >= 0.6 is 0 Å². The average Bonchev–Trinajstić information content (AvgIpc) is 2.89. The molecule has 0 spiro atoms. The lowest BCUT2D eigenvalue weighted by Gasteiger charge is -2.34. The maximum Gasteiger partial charge on any atom is 0.408 e. The molecule has 3 amide bonds. The number of piperidine rings is 1. The molecule has 2 N–H and O–H groups in total. The average molecular weight is 598 g/mol. The fourth-order valence-corrected chi connectivity index (χ4v) is 5.73. The molecule has 230 valence electrons. The largest absolute Gasteiger partial charge is 0.466 e. The third-order valence-electron chi connectivity index (χ3n) is 6.28. The van der Waals surface area contributed by atoms with Crippen LogP contribution in [0.1, 0.15) is 58.9 Å². The van der Waals surface area contributed by atoms with Crippen LogP contribution in [0.4, 0.5) is 9.59 Å². The lowest BCUT2D eigenvalue weighted by atomic mass is 9.93. The Morgan fingerprint density at radius 3 is 2.29 bits per heavy atom. The van der Waals surface area contributed by atoms with E-state index in [-0.39, 0.29) is 37.2 Å². The molecule has 1 aliphatic heterocycles. The van der Waals surface area contributed by atoms with Crippen molar-refractivity contribution < 1.29 is 41.8 Å². The van der Waals surface area contributed by atoms with Crippen LogP contribution in [0.2, 0.25) is 0 Å². The van der Waals surface area contributed by atoms with Gasteiger partial charge in [0.25, 0.3) is 0 Å². The number of ether oxygens (including phenoxy) is 3. The molecular weight excluding hydrogens is 554 g/mol. The van der Waals surface area contributed by atoms with Crippen molar-refractivity contribution >= 4 is 33.9 Å². The monoisotopic (exact) mass is 597 g/mol. The number of hydrogen-bond acceptors (Lipinski definition) is 9. The first-order chi connectivity index (χ1) is 19.2. The van der Waals surface area contributed by atoms with Crippen molar-refractivity contribution in [3.05, 3.63) is 35.9 Å². The van der Waals surface area contributed by atoms with E-state index in [4.69, 9.17) is 14.2 Å². The van der Waals surface area contributed by atoms with Crippen molar-refractivity contribution in [2.24, 2.45) is 5.92 Å². The van der Waals surface area contributed by atoms with Crippen molar-refractivity contribution in [2.45, 2.75) is 71.6 Å². The highest BCUT2D eigenvalue weighted by atomic mass is 32.2. The molecule has 1 atom stereocenters. The summed E-state index contributed by atoms with van der Waals surface area (Å²) in [5.74, 6) is -1.47. The second-order valence-electron chi connectivity index (χ2n) is 11.1. The summed E-state index contributed by atoms with van der Waals surface area (Å²) in [6, 6.07) is 7.81. The number of alkyl carbamates (subject to hydrolysis) is 2. The number of carbonyl (C=O) groups excluding carboxylic acids is 4. The zero-order valence-corrected chi connectivity index (χ0v) is 25.2. The van der Waals surface area contributed by atoms with Crippen LogP contribution in [0.25, 0.3) is 0 Å². The van der Waals surface area contributed by atoms with Crippen molar-refractivity contribution in [3.63, 3.8) is 0 Å². The number of nitrogens with zero attached hydrogens (tertiary/aromatic N) is 1. The minimum absolute atomic E-state index is 0.0613. The first-order valence-corrected chi connectivity index (χ1v) is 15.6. The van der Waals surface area contributed by atoms with Gasteiger partial charge in [-0.1, -0.05) is 30.3 Å². The predicted molar refractivity (Wildman–Crippen MR) is 152 cm³/mol. The van der Waals surface area contributed by atoms with Gasteiger partial charge in [0.1, 0.15) is 18.2 Å². The van der Waals surface area contributed by atoms with Crippen molar-refractivity contribution in [1.82, 2.24) is 15.5 Å². The highest BCUT2D eigenvalue weighted by Crippen LogP contribution is 2.21. The minimum Gasteiger partial charge on any atom is -0.466 e. The number of likely N-dealkylation sites (tertiary alicyclic amines) is 1. The third kappa shape index (κ3) is 14.2. The van der Waals surface area contributed by atoms with Gasteiger partial charge in [0.05, 0.1) is 18.1 Å². The molecule has 1 aromatic rings. The Hall–Kier alpha value is -3.35. The van der Waals surface area contributed by atoms with Crippen molar-refractivity contribution in [2.75, 3.05) is 37.7 Å².